The van der Waals surface area contributed by atoms with Gasteiger partial charge in [-0.05, 0) is 59.3 Å². The van der Waals surface area contributed by atoms with Crippen LogP contribution in [0.5, 0.6) is 0 Å². The van der Waals surface area contributed by atoms with E-state index in [9.17, 15) is 9.59 Å². The number of nitrogens with zero attached hydrogens (tertiary/aromatic N) is 2. The number of hydrogen-bond donors (Lipinski definition) is 1. The van der Waals surface area contributed by atoms with Crippen molar-refractivity contribution < 1.29 is 14.4 Å². The second kappa shape index (κ2) is 9.19. The SMILES string of the molecule is O=C(N=Nc1ccc(NOC(=O)c2ccccc2Cl)cc1)c1ccc2ccccc2c1. The average Bonchev–Trinajstić information content (AvgIpc) is 2.81. The lowest BCUT2D eigenvalue weighted by Crippen LogP contribution is -2.11. The molecule has 7 heteroatoms. The Morgan fingerprint density at radius 2 is 1.52 bits per heavy atom. The Morgan fingerprint density at radius 1 is 0.806 bits per heavy atom. The molecule has 0 saturated heterocycles. The Labute approximate surface area is 183 Å². The molecule has 0 spiro atoms. The summed E-state index contributed by atoms with van der Waals surface area (Å²) >= 11 is 5.98. The van der Waals surface area contributed by atoms with Crippen LogP contribution in [0, 0.1) is 0 Å². The summed E-state index contributed by atoms with van der Waals surface area (Å²) in [5.41, 5.74) is 4.29. The minimum atomic E-state index is -0.602. The Hall–Kier alpha value is -4.03. The summed E-state index contributed by atoms with van der Waals surface area (Å²) in [6.07, 6.45) is 0. The summed E-state index contributed by atoms with van der Waals surface area (Å²) in [7, 11) is 0. The van der Waals surface area contributed by atoms with E-state index < -0.39 is 11.9 Å². The third-order valence-corrected chi connectivity index (χ3v) is 4.80. The first kappa shape index (κ1) is 20.3. The van der Waals surface area contributed by atoms with Gasteiger partial charge in [-0.25, -0.2) is 10.3 Å². The Balaban J connectivity index is 1.37. The van der Waals surface area contributed by atoms with Crippen molar-refractivity contribution in [2.45, 2.75) is 0 Å². The fourth-order valence-corrected chi connectivity index (χ4v) is 3.08. The van der Waals surface area contributed by atoms with E-state index >= 15 is 0 Å². The first-order valence-corrected chi connectivity index (χ1v) is 9.74. The van der Waals surface area contributed by atoms with E-state index in [4.69, 9.17) is 16.4 Å². The van der Waals surface area contributed by atoms with Crippen LogP contribution >= 0.6 is 11.6 Å². The summed E-state index contributed by atoms with van der Waals surface area (Å²) in [5.74, 6) is -1.03. The fourth-order valence-electron chi connectivity index (χ4n) is 2.87. The van der Waals surface area contributed by atoms with Gasteiger partial charge in [0.2, 0.25) is 0 Å². The molecular weight excluding hydrogens is 414 g/mol. The number of rotatable bonds is 5. The number of nitrogens with one attached hydrogen (secondary N) is 1. The standard InChI is InChI=1S/C24H16ClN3O3/c25-22-8-4-3-7-21(22)24(30)31-28-20-13-11-19(12-14-20)26-27-23(29)18-10-9-16-5-1-2-6-17(16)15-18/h1-15,28H. The van der Waals surface area contributed by atoms with Crippen LogP contribution in [0.3, 0.4) is 0 Å². The molecule has 0 radical (unpaired) electrons. The van der Waals surface area contributed by atoms with E-state index in [0.717, 1.165) is 10.8 Å². The Bertz CT molecular complexity index is 1290. The van der Waals surface area contributed by atoms with E-state index in [1.807, 2.05) is 30.3 Å². The first-order chi connectivity index (χ1) is 15.1. The Kier molecular flexibility index (Phi) is 6.01. The summed E-state index contributed by atoms with van der Waals surface area (Å²) in [6, 6.07) is 26.4. The number of benzene rings is 4. The lowest BCUT2D eigenvalue weighted by Gasteiger charge is -2.07. The summed E-state index contributed by atoms with van der Waals surface area (Å²) in [5, 5.41) is 10.1. The number of amides is 1. The number of anilines is 1. The molecule has 0 unspecified atom stereocenters. The van der Waals surface area contributed by atoms with Gasteiger partial charge in [-0.15, -0.1) is 10.2 Å². The van der Waals surface area contributed by atoms with Crippen molar-refractivity contribution in [3.8, 4) is 0 Å². The van der Waals surface area contributed by atoms with Crippen LogP contribution in [0.4, 0.5) is 11.4 Å². The quantitative estimate of drug-likeness (QED) is 0.286. The fraction of sp³-hybridized carbons (Fsp3) is 0. The zero-order valence-electron chi connectivity index (χ0n) is 16.2. The predicted octanol–water partition coefficient (Wildman–Crippen LogP) is 6.60. The van der Waals surface area contributed by atoms with Crippen LogP contribution in [0.1, 0.15) is 20.7 Å². The topological polar surface area (TPSA) is 80.1 Å². The van der Waals surface area contributed by atoms with Gasteiger partial charge in [0.05, 0.1) is 22.0 Å². The van der Waals surface area contributed by atoms with Crippen molar-refractivity contribution in [2.75, 3.05) is 5.48 Å². The van der Waals surface area contributed by atoms with Crippen molar-refractivity contribution in [2.24, 2.45) is 10.2 Å². The molecule has 0 aliphatic rings. The van der Waals surface area contributed by atoms with Crippen molar-refractivity contribution in [3.63, 3.8) is 0 Å². The van der Waals surface area contributed by atoms with Gasteiger partial charge in [-0.1, -0.05) is 54.1 Å². The predicted molar refractivity (Wildman–Crippen MR) is 120 cm³/mol. The van der Waals surface area contributed by atoms with E-state index in [-0.39, 0.29) is 5.56 Å². The minimum absolute atomic E-state index is 0.259. The molecule has 4 aromatic rings. The summed E-state index contributed by atoms with van der Waals surface area (Å²) in [4.78, 5) is 29.4. The molecule has 0 atom stereocenters. The summed E-state index contributed by atoms with van der Waals surface area (Å²) < 4.78 is 0. The van der Waals surface area contributed by atoms with Crippen LogP contribution in [-0.4, -0.2) is 11.9 Å². The number of hydrogen-bond acceptors (Lipinski definition) is 5. The van der Waals surface area contributed by atoms with Crippen molar-refractivity contribution in [1.29, 1.82) is 0 Å². The van der Waals surface area contributed by atoms with Gasteiger partial charge in [0.15, 0.2) is 0 Å². The molecule has 0 saturated carbocycles. The number of azo groups is 1. The smallest absolute Gasteiger partial charge is 0.338 e. The highest BCUT2D eigenvalue weighted by atomic mass is 35.5. The average molecular weight is 430 g/mol. The molecule has 31 heavy (non-hydrogen) atoms. The molecule has 0 aliphatic heterocycles. The molecule has 6 nitrogen and oxygen atoms in total. The van der Waals surface area contributed by atoms with Crippen LogP contribution in [0.25, 0.3) is 10.8 Å². The number of carbonyl (C=O) groups excluding carboxylic acids is 2. The van der Waals surface area contributed by atoms with Crippen LogP contribution in [0.2, 0.25) is 5.02 Å². The molecule has 152 valence electrons. The van der Waals surface area contributed by atoms with Crippen molar-refractivity contribution in [3.05, 3.63) is 107 Å². The van der Waals surface area contributed by atoms with E-state index in [2.05, 4.69) is 15.7 Å². The minimum Gasteiger partial charge on any atom is -0.338 e. The maximum Gasteiger partial charge on any atom is 0.364 e. The third kappa shape index (κ3) is 4.94. The zero-order chi connectivity index (χ0) is 21.6. The molecule has 4 rings (SSSR count). The van der Waals surface area contributed by atoms with Gasteiger partial charge in [0.1, 0.15) is 0 Å². The van der Waals surface area contributed by atoms with Crippen LogP contribution in [-0.2, 0) is 4.84 Å². The molecular formula is C24H16ClN3O3. The molecule has 0 heterocycles. The lowest BCUT2D eigenvalue weighted by molar-refractivity contribution is 0.0596. The van der Waals surface area contributed by atoms with Gasteiger partial charge < -0.3 is 4.84 Å². The van der Waals surface area contributed by atoms with Gasteiger partial charge in [0.25, 0.3) is 5.91 Å². The maximum absolute atomic E-state index is 12.3. The number of halogens is 1. The highest BCUT2D eigenvalue weighted by Crippen LogP contribution is 2.20. The second-order valence-corrected chi connectivity index (χ2v) is 6.99. The normalized spacial score (nSPS) is 10.9. The highest BCUT2D eigenvalue weighted by molar-refractivity contribution is 6.33. The molecule has 1 N–H and O–H groups in total. The van der Waals surface area contributed by atoms with Gasteiger partial charge >= 0.3 is 5.97 Å². The van der Waals surface area contributed by atoms with E-state index in [0.29, 0.717) is 22.0 Å². The molecule has 0 aromatic heterocycles. The molecule has 0 bridgehead atoms. The van der Waals surface area contributed by atoms with Gasteiger partial charge in [-0.3, -0.25) is 4.79 Å². The summed E-state index contributed by atoms with van der Waals surface area (Å²) in [6.45, 7) is 0. The number of carbonyl (C=O) groups is 2. The second-order valence-electron chi connectivity index (χ2n) is 6.59. The highest BCUT2D eigenvalue weighted by Gasteiger charge is 2.11. The van der Waals surface area contributed by atoms with E-state index in [1.165, 1.54) is 0 Å². The van der Waals surface area contributed by atoms with E-state index in [1.54, 1.807) is 60.7 Å². The Morgan fingerprint density at radius 3 is 2.29 bits per heavy atom. The molecule has 1 amide bonds. The molecule has 0 fully saturated rings. The van der Waals surface area contributed by atoms with Gasteiger partial charge in [-0.2, -0.15) is 0 Å². The molecule has 0 aliphatic carbocycles. The van der Waals surface area contributed by atoms with Crippen LogP contribution < -0.4 is 5.48 Å². The van der Waals surface area contributed by atoms with Crippen LogP contribution in [0.15, 0.2) is 101 Å². The van der Waals surface area contributed by atoms with Crippen molar-refractivity contribution >= 4 is 45.6 Å². The monoisotopic (exact) mass is 429 g/mol. The maximum atomic E-state index is 12.3. The van der Waals surface area contributed by atoms with Crippen molar-refractivity contribution in [1.82, 2.24) is 0 Å². The van der Waals surface area contributed by atoms with Gasteiger partial charge in [0, 0.05) is 5.56 Å². The zero-order valence-corrected chi connectivity index (χ0v) is 16.9. The third-order valence-electron chi connectivity index (χ3n) is 4.48. The lowest BCUT2D eigenvalue weighted by atomic mass is 10.1. The largest absolute Gasteiger partial charge is 0.364 e. The number of fused-ring (bicyclic) bond motifs is 1. The molecule has 4 aromatic carbocycles. The first-order valence-electron chi connectivity index (χ1n) is 9.37.